The average molecular weight is 291 g/mol. The van der Waals surface area contributed by atoms with Crippen LogP contribution in [0.3, 0.4) is 0 Å². The second kappa shape index (κ2) is 5.90. The maximum absolute atomic E-state index is 2.72. The Labute approximate surface area is 122 Å². The number of nitrogens with zero attached hydrogens (tertiary/aromatic N) is 4. The van der Waals surface area contributed by atoms with Crippen molar-refractivity contribution in [1.29, 1.82) is 0 Å². The van der Waals surface area contributed by atoms with Crippen LogP contribution in [0, 0.1) is 0 Å². The Morgan fingerprint density at radius 3 is 1.68 bits per heavy atom. The van der Waals surface area contributed by atoms with Crippen molar-refractivity contribution in [3.63, 3.8) is 0 Å². The van der Waals surface area contributed by atoms with Crippen molar-refractivity contribution in [2.45, 2.75) is 60.2 Å². The summed E-state index contributed by atoms with van der Waals surface area (Å²) in [4.78, 5) is 0. The minimum atomic E-state index is -1.16. The highest BCUT2D eigenvalue weighted by atomic mass is 32.3. The molecule has 4 nitrogen and oxygen atoms in total. The lowest BCUT2D eigenvalue weighted by molar-refractivity contribution is 0.0394. The molecule has 1 heterocycles. The molecule has 0 aromatic rings. The first-order chi connectivity index (χ1) is 8.69. The van der Waals surface area contributed by atoms with Gasteiger partial charge in [-0.2, -0.15) is 0 Å². The summed E-state index contributed by atoms with van der Waals surface area (Å²) < 4.78 is 10.5. The van der Waals surface area contributed by atoms with Gasteiger partial charge in [-0.1, -0.05) is 20.8 Å². The summed E-state index contributed by atoms with van der Waals surface area (Å²) in [5.41, 5.74) is 0.188. The Morgan fingerprint density at radius 1 is 1.00 bits per heavy atom. The molecule has 116 valence electrons. The highest BCUT2D eigenvalue weighted by molar-refractivity contribution is 8.26. The molecule has 1 saturated heterocycles. The largest absolute Gasteiger partial charge is 0.236 e. The molecule has 0 saturated carbocycles. The lowest BCUT2D eigenvalue weighted by Gasteiger charge is -2.76. The monoisotopic (exact) mass is 290 g/mol. The summed E-state index contributed by atoms with van der Waals surface area (Å²) in [6.45, 7) is 19.4. The molecule has 1 unspecified atom stereocenters. The van der Waals surface area contributed by atoms with Crippen molar-refractivity contribution in [3.05, 3.63) is 0 Å². The van der Waals surface area contributed by atoms with Gasteiger partial charge in [-0.15, -0.1) is 0 Å². The fraction of sp³-hybridized carbons (Fsp3) is 1.00. The quantitative estimate of drug-likeness (QED) is 0.771. The van der Waals surface area contributed by atoms with Gasteiger partial charge in [0, 0.05) is 25.2 Å². The van der Waals surface area contributed by atoms with Crippen molar-refractivity contribution in [2.24, 2.45) is 0 Å². The Morgan fingerprint density at radius 2 is 1.42 bits per heavy atom. The summed E-state index contributed by atoms with van der Waals surface area (Å²) >= 11 is 0. The molecule has 0 amide bonds. The zero-order valence-electron chi connectivity index (χ0n) is 14.4. The van der Waals surface area contributed by atoms with Crippen molar-refractivity contribution in [1.82, 2.24) is 17.2 Å². The lowest BCUT2D eigenvalue weighted by atomic mass is 10.1. The third-order valence-electron chi connectivity index (χ3n) is 4.03. The molecule has 0 aromatic carbocycles. The van der Waals surface area contributed by atoms with E-state index in [0.29, 0.717) is 6.17 Å². The van der Waals surface area contributed by atoms with Gasteiger partial charge in [-0.25, -0.2) is 17.2 Å². The summed E-state index contributed by atoms with van der Waals surface area (Å²) in [6, 6.07) is 0. The molecular formula is C14H34N4S. The zero-order chi connectivity index (χ0) is 15.0. The first-order valence-electron chi connectivity index (χ1n) is 7.51. The van der Waals surface area contributed by atoms with E-state index in [1.807, 2.05) is 0 Å². The third kappa shape index (κ3) is 2.44. The maximum Gasteiger partial charge on any atom is 0.0831 e. The van der Waals surface area contributed by atoms with E-state index in [4.69, 9.17) is 0 Å². The minimum Gasteiger partial charge on any atom is -0.236 e. The second-order valence-electron chi connectivity index (χ2n) is 6.24. The van der Waals surface area contributed by atoms with E-state index in [1.54, 1.807) is 0 Å². The maximum atomic E-state index is 2.72. The molecule has 5 heteroatoms. The molecule has 0 aliphatic carbocycles. The van der Waals surface area contributed by atoms with Gasteiger partial charge < -0.3 is 0 Å². The van der Waals surface area contributed by atoms with Crippen molar-refractivity contribution in [3.8, 4) is 0 Å². The van der Waals surface area contributed by atoms with Gasteiger partial charge in [0.15, 0.2) is 0 Å². The molecule has 1 aliphatic rings. The highest BCUT2D eigenvalue weighted by Gasteiger charge is 2.59. The zero-order valence-corrected chi connectivity index (χ0v) is 15.2. The number of hydrogen-bond acceptors (Lipinski definition) is 4. The lowest BCUT2D eigenvalue weighted by Crippen LogP contribution is -2.74. The summed E-state index contributed by atoms with van der Waals surface area (Å²) in [6.07, 6.45) is 0.517. The molecule has 0 spiro atoms. The van der Waals surface area contributed by atoms with Crippen LogP contribution in [0.4, 0.5) is 0 Å². The first-order valence-corrected chi connectivity index (χ1v) is 8.97. The van der Waals surface area contributed by atoms with Gasteiger partial charge in [-0.3, -0.25) is 0 Å². The number of hydrogen-bond donors (Lipinski definition) is 0. The van der Waals surface area contributed by atoms with Crippen LogP contribution in [-0.2, 0) is 0 Å². The van der Waals surface area contributed by atoms with Crippen LogP contribution in [0.25, 0.3) is 0 Å². The van der Waals surface area contributed by atoms with E-state index in [-0.39, 0.29) is 5.54 Å². The molecular weight excluding hydrogens is 256 g/mol. The molecule has 0 radical (unpaired) electrons. The van der Waals surface area contributed by atoms with Crippen LogP contribution >= 0.6 is 10.8 Å². The van der Waals surface area contributed by atoms with Gasteiger partial charge in [0.05, 0.1) is 6.17 Å². The molecule has 0 N–H and O–H groups in total. The van der Waals surface area contributed by atoms with Crippen LogP contribution < -0.4 is 0 Å². The van der Waals surface area contributed by atoms with Crippen LogP contribution in [0.2, 0.25) is 0 Å². The van der Waals surface area contributed by atoms with E-state index >= 15 is 0 Å². The van der Waals surface area contributed by atoms with E-state index in [1.165, 1.54) is 0 Å². The molecule has 0 bridgehead atoms. The standard InChI is InChI=1S/C14H34N4S/c1-10-15(8)19(16(9)11-2)17(12-3)13(4)18(19)14(5,6)7/h13H,10-12H2,1-9H3. The van der Waals surface area contributed by atoms with Crippen molar-refractivity contribution >= 4 is 10.8 Å². The molecule has 1 atom stereocenters. The van der Waals surface area contributed by atoms with Gasteiger partial charge in [0.25, 0.3) is 0 Å². The van der Waals surface area contributed by atoms with Gasteiger partial charge >= 0.3 is 0 Å². The highest BCUT2D eigenvalue weighted by Crippen LogP contribution is 2.70. The molecule has 1 fully saturated rings. The SMILES string of the molecule is CCN(C)S1(N(C)CC)N(CC)C(C)N1C(C)(C)C. The summed E-state index contributed by atoms with van der Waals surface area (Å²) in [5.74, 6) is 0. The Balaban J connectivity index is 3.29. The first kappa shape index (κ1) is 17.2. The average Bonchev–Trinajstić information content (AvgIpc) is 2.32. The van der Waals surface area contributed by atoms with Gasteiger partial charge in [-0.05, 0) is 52.6 Å². The van der Waals surface area contributed by atoms with E-state index in [2.05, 4.69) is 79.8 Å². The van der Waals surface area contributed by atoms with E-state index in [0.717, 1.165) is 19.6 Å². The summed E-state index contributed by atoms with van der Waals surface area (Å²) in [5, 5.41) is 0. The second-order valence-corrected chi connectivity index (χ2v) is 9.33. The van der Waals surface area contributed by atoms with Crippen LogP contribution in [0.1, 0.15) is 48.5 Å². The predicted octanol–water partition coefficient (Wildman–Crippen LogP) is 3.14. The Hall–Kier alpha value is 0.190. The molecule has 19 heavy (non-hydrogen) atoms. The van der Waals surface area contributed by atoms with Crippen molar-refractivity contribution < 1.29 is 0 Å². The van der Waals surface area contributed by atoms with Crippen LogP contribution in [0.15, 0.2) is 0 Å². The van der Waals surface area contributed by atoms with Crippen LogP contribution in [0.5, 0.6) is 0 Å². The Kier molecular flexibility index (Phi) is 5.35. The van der Waals surface area contributed by atoms with Gasteiger partial charge in [0.2, 0.25) is 0 Å². The van der Waals surface area contributed by atoms with Crippen LogP contribution in [-0.4, -0.2) is 62.7 Å². The van der Waals surface area contributed by atoms with E-state index in [9.17, 15) is 0 Å². The topological polar surface area (TPSA) is 13.0 Å². The van der Waals surface area contributed by atoms with Crippen molar-refractivity contribution in [2.75, 3.05) is 33.7 Å². The normalized spacial score (nSPS) is 26.8. The molecule has 1 aliphatic heterocycles. The fourth-order valence-corrected chi connectivity index (χ4v) is 7.89. The molecule has 1 rings (SSSR count). The fourth-order valence-electron chi connectivity index (χ4n) is 3.21. The number of rotatable bonds is 5. The molecule has 0 aromatic heterocycles. The smallest absolute Gasteiger partial charge is 0.0831 e. The summed E-state index contributed by atoms with van der Waals surface area (Å²) in [7, 11) is 3.39. The van der Waals surface area contributed by atoms with E-state index < -0.39 is 10.8 Å². The Bertz CT molecular complexity index is 292. The minimum absolute atomic E-state index is 0.188. The third-order valence-corrected chi connectivity index (χ3v) is 8.80. The van der Waals surface area contributed by atoms with Gasteiger partial charge in [0.1, 0.15) is 0 Å². The predicted molar refractivity (Wildman–Crippen MR) is 87.6 cm³/mol.